The second-order valence-corrected chi connectivity index (χ2v) is 3.47. The van der Waals surface area contributed by atoms with Gasteiger partial charge in [0.05, 0.1) is 6.26 Å². The summed E-state index contributed by atoms with van der Waals surface area (Å²) < 4.78 is 5.18. The number of furan rings is 1. The number of carbonyl (C=O) groups is 1. The van der Waals surface area contributed by atoms with Crippen molar-refractivity contribution in [1.82, 2.24) is 4.98 Å². The Bertz CT molecular complexity index is 494. The lowest BCUT2D eigenvalue weighted by molar-refractivity contribution is 0.0690. The van der Waals surface area contributed by atoms with E-state index in [0.29, 0.717) is 12.4 Å². The fourth-order valence-corrected chi connectivity index (χ4v) is 1.42. The second kappa shape index (κ2) is 5.16. The van der Waals surface area contributed by atoms with Gasteiger partial charge in [-0.3, -0.25) is 0 Å². The molecule has 0 fully saturated rings. The van der Waals surface area contributed by atoms with Crippen LogP contribution < -0.4 is 5.32 Å². The summed E-state index contributed by atoms with van der Waals surface area (Å²) in [6.07, 6.45) is 2.35. The van der Waals surface area contributed by atoms with Crippen molar-refractivity contribution in [3.05, 3.63) is 48.0 Å². The molecule has 2 aromatic heterocycles. The van der Waals surface area contributed by atoms with Crippen LogP contribution >= 0.6 is 0 Å². The molecule has 0 saturated heterocycles. The van der Waals surface area contributed by atoms with Crippen molar-refractivity contribution in [2.24, 2.45) is 0 Å². The Kier molecular flexibility index (Phi) is 3.40. The van der Waals surface area contributed by atoms with E-state index < -0.39 is 5.97 Å². The summed E-state index contributed by atoms with van der Waals surface area (Å²) in [5.41, 5.74) is 0.0352. The van der Waals surface area contributed by atoms with Crippen molar-refractivity contribution in [2.45, 2.75) is 6.42 Å². The monoisotopic (exact) mass is 232 g/mol. The summed E-state index contributed by atoms with van der Waals surface area (Å²) in [7, 11) is 0. The minimum atomic E-state index is -1.03. The molecule has 0 atom stereocenters. The van der Waals surface area contributed by atoms with E-state index in [1.54, 1.807) is 18.4 Å². The Hall–Kier alpha value is -2.30. The molecule has 0 aromatic carbocycles. The molecule has 5 heteroatoms. The van der Waals surface area contributed by atoms with Crippen LogP contribution in [-0.4, -0.2) is 22.6 Å². The first-order valence-electron chi connectivity index (χ1n) is 5.22. The minimum Gasteiger partial charge on any atom is -0.477 e. The van der Waals surface area contributed by atoms with Gasteiger partial charge in [-0.1, -0.05) is 6.07 Å². The molecule has 0 saturated carbocycles. The van der Waals surface area contributed by atoms with Gasteiger partial charge in [-0.2, -0.15) is 0 Å². The smallest absolute Gasteiger partial charge is 0.354 e. The second-order valence-electron chi connectivity index (χ2n) is 3.47. The summed E-state index contributed by atoms with van der Waals surface area (Å²) in [6, 6.07) is 8.57. The number of rotatable bonds is 5. The zero-order chi connectivity index (χ0) is 12.1. The van der Waals surface area contributed by atoms with E-state index in [2.05, 4.69) is 10.3 Å². The third-order valence-electron chi connectivity index (χ3n) is 2.23. The maximum atomic E-state index is 10.7. The molecule has 0 spiro atoms. The molecule has 5 nitrogen and oxygen atoms in total. The molecular formula is C12H12N2O3. The number of carboxylic acids is 1. The number of nitrogens with zero attached hydrogens (tertiary/aromatic N) is 1. The van der Waals surface area contributed by atoms with Gasteiger partial charge in [0.25, 0.3) is 0 Å². The molecule has 0 aliphatic heterocycles. The number of aromatic carboxylic acids is 1. The van der Waals surface area contributed by atoms with Crippen molar-refractivity contribution >= 4 is 11.8 Å². The Labute approximate surface area is 98.1 Å². The first-order chi connectivity index (χ1) is 8.25. The first kappa shape index (κ1) is 11.2. The molecule has 0 unspecified atom stereocenters. The molecule has 2 heterocycles. The van der Waals surface area contributed by atoms with E-state index in [1.165, 1.54) is 6.07 Å². The summed E-state index contributed by atoms with van der Waals surface area (Å²) >= 11 is 0. The molecule has 2 N–H and O–H groups in total. The predicted octanol–water partition coefficient (Wildman–Crippen LogP) is 2.03. The highest BCUT2D eigenvalue weighted by molar-refractivity contribution is 5.85. The quantitative estimate of drug-likeness (QED) is 0.824. The Morgan fingerprint density at radius 3 is 2.94 bits per heavy atom. The predicted molar refractivity (Wildman–Crippen MR) is 62.1 cm³/mol. The molecule has 0 bridgehead atoms. The molecule has 2 aromatic rings. The van der Waals surface area contributed by atoms with E-state index in [1.807, 2.05) is 12.1 Å². The van der Waals surface area contributed by atoms with Crippen molar-refractivity contribution < 1.29 is 14.3 Å². The number of aromatic nitrogens is 1. The van der Waals surface area contributed by atoms with Gasteiger partial charge >= 0.3 is 5.97 Å². The van der Waals surface area contributed by atoms with Crippen molar-refractivity contribution in [2.75, 3.05) is 11.9 Å². The van der Waals surface area contributed by atoms with Crippen LogP contribution in [0, 0.1) is 0 Å². The minimum absolute atomic E-state index is 0.0352. The van der Waals surface area contributed by atoms with Crippen LogP contribution in [0.15, 0.2) is 41.0 Å². The number of nitrogens with one attached hydrogen (secondary N) is 1. The Morgan fingerprint density at radius 1 is 1.35 bits per heavy atom. The molecule has 17 heavy (non-hydrogen) atoms. The van der Waals surface area contributed by atoms with E-state index in [-0.39, 0.29) is 5.69 Å². The lowest BCUT2D eigenvalue weighted by Gasteiger charge is -2.04. The zero-order valence-electron chi connectivity index (χ0n) is 9.09. The molecule has 88 valence electrons. The lowest BCUT2D eigenvalue weighted by atomic mass is 10.3. The van der Waals surface area contributed by atoms with Gasteiger partial charge < -0.3 is 14.8 Å². The fourth-order valence-electron chi connectivity index (χ4n) is 1.42. The molecule has 0 aliphatic carbocycles. The highest BCUT2D eigenvalue weighted by Gasteiger charge is 2.04. The van der Waals surface area contributed by atoms with E-state index in [0.717, 1.165) is 12.2 Å². The van der Waals surface area contributed by atoms with Crippen molar-refractivity contribution in [3.63, 3.8) is 0 Å². The van der Waals surface area contributed by atoms with Crippen LogP contribution in [0.4, 0.5) is 5.82 Å². The lowest BCUT2D eigenvalue weighted by Crippen LogP contribution is -2.08. The number of carboxylic acid groups (broad SMARTS) is 1. The van der Waals surface area contributed by atoms with Gasteiger partial charge in [-0.15, -0.1) is 0 Å². The molecular weight excluding hydrogens is 220 g/mol. The summed E-state index contributed by atoms with van der Waals surface area (Å²) in [5.74, 6) is 0.406. The normalized spacial score (nSPS) is 10.1. The number of pyridine rings is 1. The highest BCUT2D eigenvalue weighted by Crippen LogP contribution is 2.06. The van der Waals surface area contributed by atoms with Gasteiger partial charge in [-0.05, 0) is 24.3 Å². The summed E-state index contributed by atoms with van der Waals surface area (Å²) in [4.78, 5) is 14.7. The van der Waals surface area contributed by atoms with Crippen LogP contribution in [-0.2, 0) is 6.42 Å². The van der Waals surface area contributed by atoms with Gasteiger partial charge in [0.1, 0.15) is 11.6 Å². The molecule has 0 radical (unpaired) electrons. The highest BCUT2D eigenvalue weighted by atomic mass is 16.4. The third kappa shape index (κ3) is 3.07. The van der Waals surface area contributed by atoms with Crippen LogP contribution in [0.25, 0.3) is 0 Å². The zero-order valence-corrected chi connectivity index (χ0v) is 9.09. The van der Waals surface area contributed by atoms with Crippen molar-refractivity contribution in [3.8, 4) is 0 Å². The van der Waals surface area contributed by atoms with Gasteiger partial charge in [0.15, 0.2) is 5.69 Å². The first-order valence-corrected chi connectivity index (χ1v) is 5.22. The summed E-state index contributed by atoms with van der Waals surface area (Å²) in [6.45, 7) is 0.642. The maximum Gasteiger partial charge on any atom is 0.354 e. The SMILES string of the molecule is O=C(O)c1cccc(NCCc2ccco2)n1. The standard InChI is InChI=1S/C12H12N2O3/c15-12(16)10-4-1-5-11(14-10)13-7-6-9-3-2-8-17-9/h1-5,8H,6-7H2,(H,13,14)(H,15,16). The van der Waals surface area contributed by atoms with Crippen LogP contribution in [0.5, 0.6) is 0 Å². The van der Waals surface area contributed by atoms with Crippen LogP contribution in [0.3, 0.4) is 0 Å². The molecule has 0 aliphatic rings. The Morgan fingerprint density at radius 2 is 2.24 bits per heavy atom. The van der Waals surface area contributed by atoms with Crippen molar-refractivity contribution in [1.29, 1.82) is 0 Å². The Balaban J connectivity index is 1.90. The average Bonchev–Trinajstić information content (AvgIpc) is 2.82. The number of hydrogen-bond acceptors (Lipinski definition) is 4. The molecule has 0 amide bonds. The average molecular weight is 232 g/mol. The van der Waals surface area contributed by atoms with Crippen LogP contribution in [0.2, 0.25) is 0 Å². The van der Waals surface area contributed by atoms with Gasteiger partial charge in [-0.25, -0.2) is 9.78 Å². The van der Waals surface area contributed by atoms with E-state index in [9.17, 15) is 4.79 Å². The summed E-state index contributed by atoms with van der Waals surface area (Å²) in [5, 5.41) is 11.8. The fraction of sp³-hybridized carbons (Fsp3) is 0.167. The third-order valence-corrected chi connectivity index (χ3v) is 2.23. The largest absolute Gasteiger partial charge is 0.477 e. The number of hydrogen-bond donors (Lipinski definition) is 2. The van der Waals surface area contributed by atoms with Gasteiger partial charge in [0.2, 0.25) is 0 Å². The van der Waals surface area contributed by atoms with Crippen LogP contribution in [0.1, 0.15) is 16.2 Å². The topological polar surface area (TPSA) is 75.4 Å². The molecule has 2 rings (SSSR count). The van der Waals surface area contributed by atoms with E-state index >= 15 is 0 Å². The maximum absolute atomic E-state index is 10.7. The number of anilines is 1. The van der Waals surface area contributed by atoms with Gasteiger partial charge in [0, 0.05) is 13.0 Å². The van der Waals surface area contributed by atoms with E-state index in [4.69, 9.17) is 9.52 Å².